The summed E-state index contributed by atoms with van der Waals surface area (Å²) in [5.74, 6) is 0.204. The first-order chi connectivity index (χ1) is 7.65. The van der Waals surface area contributed by atoms with E-state index in [1.54, 1.807) is 13.0 Å². The van der Waals surface area contributed by atoms with Crippen molar-refractivity contribution in [1.29, 1.82) is 5.26 Å². The molecule has 0 aromatic heterocycles. The van der Waals surface area contributed by atoms with E-state index in [1.165, 1.54) is 17.0 Å². The average molecular weight is 220 g/mol. The molecule has 0 unspecified atom stereocenters. The number of nitriles is 1. The van der Waals surface area contributed by atoms with Crippen LogP contribution in [-0.2, 0) is 0 Å². The smallest absolute Gasteiger partial charge is 0.183 e. The van der Waals surface area contributed by atoms with E-state index in [1.807, 2.05) is 0 Å². The number of nitrogens with zero attached hydrogens (tertiary/aromatic N) is 2. The summed E-state index contributed by atoms with van der Waals surface area (Å²) in [4.78, 5) is 1.51. The highest BCUT2D eigenvalue weighted by atomic mass is 19.2. The molecule has 0 aliphatic heterocycles. The number of halogens is 2. The second-order valence-corrected chi connectivity index (χ2v) is 3.09. The van der Waals surface area contributed by atoms with E-state index >= 15 is 0 Å². The topological polar surface area (TPSA) is 27.0 Å². The molecule has 4 heteroatoms. The monoisotopic (exact) mass is 220 g/mol. The van der Waals surface area contributed by atoms with Crippen LogP contribution in [0.5, 0.6) is 0 Å². The largest absolute Gasteiger partial charge is 0.358 e. The highest BCUT2D eigenvalue weighted by Gasteiger charge is 2.16. The Morgan fingerprint density at radius 1 is 1.38 bits per heavy atom. The van der Waals surface area contributed by atoms with E-state index in [-0.39, 0.29) is 17.8 Å². The molecule has 0 spiro atoms. The van der Waals surface area contributed by atoms with Crippen LogP contribution in [0.4, 0.5) is 14.5 Å². The van der Waals surface area contributed by atoms with Crippen LogP contribution in [-0.4, -0.2) is 13.1 Å². The van der Waals surface area contributed by atoms with Crippen molar-refractivity contribution >= 4 is 5.69 Å². The molecule has 82 valence electrons. The highest BCUT2D eigenvalue weighted by Crippen LogP contribution is 2.23. The Hall–Kier alpha value is -2.07. The first-order valence-electron chi connectivity index (χ1n) is 4.72. The predicted octanol–water partition coefficient (Wildman–Crippen LogP) is 2.30. The molecule has 0 saturated carbocycles. The summed E-state index contributed by atoms with van der Waals surface area (Å²) in [5.41, 5.74) is -0.227. The zero-order valence-corrected chi connectivity index (χ0v) is 8.80. The van der Waals surface area contributed by atoms with Gasteiger partial charge in [-0.15, -0.1) is 6.42 Å². The lowest BCUT2D eigenvalue weighted by Crippen LogP contribution is -2.24. The third-order valence-corrected chi connectivity index (χ3v) is 2.19. The fraction of sp³-hybridized carbons (Fsp3) is 0.250. The van der Waals surface area contributed by atoms with E-state index in [0.29, 0.717) is 6.54 Å². The van der Waals surface area contributed by atoms with Crippen LogP contribution >= 0.6 is 0 Å². The van der Waals surface area contributed by atoms with E-state index in [2.05, 4.69) is 5.92 Å². The van der Waals surface area contributed by atoms with E-state index < -0.39 is 11.6 Å². The van der Waals surface area contributed by atoms with Crippen molar-refractivity contribution in [3.63, 3.8) is 0 Å². The van der Waals surface area contributed by atoms with Gasteiger partial charge in [-0.3, -0.25) is 0 Å². The molecule has 0 N–H and O–H groups in total. The van der Waals surface area contributed by atoms with Gasteiger partial charge in [0, 0.05) is 6.54 Å². The Bertz CT molecular complexity index is 469. The van der Waals surface area contributed by atoms with Crippen LogP contribution in [0.15, 0.2) is 12.1 Å². The summed E-state index contributed by atoms with van der Waals surface area (Å²) in [6, 6.07) is 4.18. The molecule has 0 aliphatic rings. The number of terminal acetylenes is 1. The van der Waals surface area contributed by atoms with E-state index in [9.17, 15) is 8.78 Å². The summed E-state index contributed by atoms with van der Waals surface area (Å²) in [5, 5.41) is 8.53. The fourth-order valence-corrected chi connectivity index (χ4v) is 1.35. The van der Waals surface area contributed by atoms with Crippen molar-refractivity contribution < 1.29 is 8.78 Å². The summed E-state index contributed by atoms with van der Waals surface area (Å²) in [6.07, 6.45) is 5.13. The molecule has 2 nitrogen and oxygen atoms in total. The van der Waals surface area contributed by atoms with Crippen LogP contribution in [0.3, 0.4) is 0 Å². The molecule has 0 bridgehead atoms. The molecule has 16 heavy (non-hydrogen) atoms. The maximum Gasteiger partial charge on any atom is 0.183 e. The first-order valence-corrected chi connectivity index (χ1v) is 4.72. The van der Waals surface area contributed by atoms with Crippen LogP contribution < -0.4 is 4.90 Å². The standard InChI is InChI=1S/C12H10F2N2/c1-3-7-16(4-2)10-6-5-9(8-15)11(13)12(10)14/h1,5-6H,4,7H2,2H3. The molecular formula is C12H10F2N2. The third kappa shape index (κ3) is 2.12. The number of rotatable bonds is 3. The van der Waals surface area contributed by atoms with Gasteiger partial charge < -0.3 is 4.90 Å². The lowest BCUT2D eigenvalue weighted by Gasteiger charge is -2.21. The molecule has 0 radical (unpaired) electrons. The molecule has 0 fully saturated rings. The third-order valence-electron chi connectivity index (χ3n) is 2.19. The molecule has 0 atom stereocenters. The van der Waals surface area contributed by atoms with Crippen molar-refractivity contribution in [2.75, 3.05) is 18.0 Å². The van der Waals surface area contributed by atoms with Gasteiger partial charge in [0.1, 0.15) is 6.07 Å². The maximum absolute atomic E-state index is 13.6. The Labute approximate surface area is 93.1 Å². The lowest BCUT2D eigenvalue weighted by atomic mass is 10.2. The molecule has 0 heterocycles. The summed E-state index contributed by atoms with van der Waals surface area (Å²) in [7, 11) is 0. The van der Waals surface area contributed by atoms with Gasteiger partial charge in [-0.05, 0) is 19.1 Å². The van der Waals surface area contributed by atoms with Gasteiger partial charge in [0.15, 0.2) is 11.6 Å². The van der Waals surface area contributed by atoms with E-state index in [0.717, 1.165) is 0 Å². The molecule has 0 aliphatic carbocycles. The number of hydrogen-bond donors (Lipinski definition) is 0. The van der Waals surface area contributed by atoms with Crippen molar-refractivity contribution in [3.8, 4) is 18.4 Å². The van der Waals surface area contributed by atoms with Crippen molar-refractivity contribution in [3.05, 3.63) is 29.3 Å². The Morgan fingerprint density at radius 2 is 2.06 bits per heavy atom. The minimum Gasteiger partial charge on any atom is -0.358 e. The molecule has 0 amide bonds. The summed E-state index contributed by atoms with van der Waals surface area (Å²) in [6.45, 7) is 2.44. The lowest BCUT2D eigenvalue weighted by molar-refractivity contribution is 0.505. The molecule has 1 rings (SSSR count). The van der Waals surface area contributed by atoms with Crippen molar-refractivity contribution in [2.24, 2.45) is 0 Å². The van der Waals surface area contributed by atoms with Gasteiger partial charge in [0.25, 0.3) is 0 Å². The van der Waals surface area contributed by atoms with Crippen molar-refractivity contribution in [1.82, 2.24) is 0 Å². The van der Waals surface area contributed by atoms with Crippen LogP contribution in [0.25, 0.3) is 0 Å². The molecular weight excluding hydrogens is 210 g/mol. The van der Waals surface area contributed by atoms with Crippen LogP contribution in [0.1, 0.15) is 12.5 Å². The molecule has 1 aromatic rings. The molecule has 0 saturated heterocycles. The Morgan fingerprint density at radius 3 is 2.56 bits per heavy atom. The summed E-state index contributed by atoms with van der Waals surface area (Å²) < 4.78 is 26.9. The predicted molar refractivity (Wildman–Crippen MR) is 57.8 cm³/mol. The van der Waals surface area contributed by atoms with Gasteiger partial charge in [0.05, 0.1) is 17.8 Å². The first kappa shape index (κ1) is 12.0. The Kier molecular flexibility index (Phi) is 3.85. The zero-order chi connectivity index (χ0) is 12.1. The zero-order valence-electron chi connectivity index (χ0n) is 8.80. The highest BCUT2D eigenvalue weighted by molar-refractivity contribution is 5.52. The number of anilines is 1. The number of benzene rings is 1. The SMILES string of the molecule is C#CCN(CC)c1ccc(C#N)c(F)c1F. The fourth-order valence-electron chi connectivity index (χ4n) is 1.35. The van der Waals surface area contributed by atoms with Gasteiger partial charge in [0.2, 0.25) is 0 Å². The molecule has 1 aromatic carbocycles. The van der Waals surface area contributed by atoms with Gasteiger partial charge >= 0.3 is 0 Å². The second-order valence-electron chi connectivity index (χ2n) is 3.09. The van der Waals surface area contributed by atoms with Gasteiger partial charge in [-0.2, -0.15) is 5.26 Å². The van der Waals surface area contributed by atoms with Crippen LogP contribution in [0.2, 0.25) is 0 Å². The summed E-state index contributed by atoms with van der Waals surface area (Å²) >= 11 is 0. The van der Waals surface area contributed by atoms with E-state index in [4.69, 9.17) is 11.7 Å². The van der Waals surface area contributed by atoms with Crippen molar-refractivity contribution in [2.45, 2.75) is 6.92 Å². The maximum atomic E-state index is 13.6. The average Bonchev–Trinajstić information content (AvgIpc) is 2.30. The Balaban J connectivity index is 3.22. The second kappa shape index (κ2) is 5.14. The minimum absolute atomic E-state index is 0.0805. The number of hydrogen-bond acceptors (Lipinski definition) is 2. The minimum atomic E-state index is -1.13. The normalized spacial score (nSPS) is 9.31. The van der Waals surface area contributed by atoms with Gasteiger partial charge in [-0.1, -0.05) is 5.92 Å². The quantitative estimate of drug-likeness (QED) is 0.731. The van der Waals surface area contributed by atoms with Gasteiger partial charge in [-0.25, -0.2) is 8.78 Å². The van der Waals surface area contributed by atoms with Crippen LogP contribution in [0, 0.1) is 35.3 Å².